The van der Waals surface area contributed by atoms with Crippen LogP contribution in [0.2, 0.25) is 49.8 Å². The molecule has 1 radical (unpaired) electrons. The van der Waals surface area contributed by atoms with Gasteiger partial charge in [0.15, 0.2) is 5.82 Å². The third kappa shape index (κ3) is 7.80. The molecule has 0 aliphatic rings. The Balaban J connectivity index is 2.24. The van der Waals surface area contributed by atoms with Gasteiger partial charge in [0.25, 0.3) is 0 Å². The van der Waals surface area contributed by atoms with Crippen LogP contribution in [0.1, 0.15) is 0 Å². The van der Waals surface area contributed by atoms with Crippen molar-refractivity contribution in [1.82, 2.24) is 14.3 Å². The Kier molecular flexibility index (Phi) is 9.36. The van der Waals surface area contributed by atoms with Crippen molar-refractivity contribution >= 4 is 44.4 Å². The molecule has 0 fully saturated rings. The Morgan fingerprint density at radius 1 is 1.17 bits per heavy atom. The van der Waals surface area contributed by atoms with Crippen LogP contribution < -0.4 is 5.69 Å². The summed E-state index contributed by atoms with van der Waals surface area (Å²) in [4.78, 5) is 12.9. The fourth-order valence-corrected chi connectivity index (χ4v) is 4.54. The first-order valence-electron chi connectivity index (χ1n) is 9.66. The number of nitrogens with zero attached hydrogens (tertiary/aromatic N) is 3. The van der Waals surface area contributed by atoms with Gasteiger partial charge in [0.05, 0.1) is 5.02 Å². The van der Waals surface area contributed by atoms with Crippen molar-refractivity contribution in [3.8, 4) is 11.4 Å². The largest absolute Gasteiger partial charge is 0.361 e. The molecule has 29 heavy (non-hydrogen) atoms. The molecule has 0 unspecified atom stereocenters. The molecule has 0 saturated heterocycles. The van der Waals surface area contributed by atoms with Crippen molar-refractivity contribution < 1.29 is 9.47 Å². The van der Waals surface area contributed by atoms with Gasteiger partial charge in [0, 0.05) is 40.1 Å². The van der Waals surface area contributed by atoms with Crippen molar-refractivity contribution in [1.29, 1.82) is 0 Å². The van der Waals surface area contributed by atoms with Crippen molar-refractivity contribution in [2.75, 3.05) is 13.2 Å². The lowest BCUT2D eigenvalue weighted by Crippen LogP contribution is -2.28. The van der Waals surface area contributed by atoms with E-state index in [2.05, 4.69) is 53.8 Å². The minimum absolute atomic E-state index is 0.122. The Hall–Kier alpha value is -0.716. The van der Waals surface area contributed by atoms with E-state index in [1.54, 1.807) is 6.07 Å². The molecule has 0 aliphatic carbocycles. The number of aromatic nitrogens is 3. The Morgan fingerprint density at radius 3 is 2.48 bits per heavy atom. The van der Waals surface area contributed by atoms with Crippen LogP contribution in [-0.2, 0) is 22.9 Å². The normalized spacial score (nSPS) is 12.1. The van der Waals surface area contributed by atoms with Crippen molar-refractivity contribution in [3.63, 3.8) is 0 Å². The highest BCUT2D eigenvalue weighted by Gasteiger charge is 2.19. The van der Waals surface area contributed by atoms with Gasteiger partial charge in [0.1, 0.15) is 13.5 Å². The minimum Gasteiger partial charge on any atom is -0.361 e. The highest BCUT2D eigenvalue weighted by molar-refractivity contribution is 9.10. The predicted octanol–water partition coefficient (Wildman–Crippen LogP) is 5.17. The first kappa shape index (κ1) is 24.6. The van der Waals surface area contributed by atoms with Gasteiger partial charge in [-0.3, -0.25) is 4.57 Å². The molecule has 1 aromatic heterocycles. The average molecular weight is 520 g/mol. The number of benzene rings is 1. The molecule has 0 bridgehead atoms. The number of halogens is 2. The molecule has 0 atom stereocenters. The summed E-state index contributed by atoms with van der Waals surface area (Å²) in [6.07, 6.45) is 0. The lowest BCUT2D eigenvalue weighted by molar-refractivity contribution is 0.0694. The van der Waals surface area contributed by atoms with Crippen LogP contribution in [0.3, 0.4) is 0 Å². The third-order valence-electron chi connectivity index (χ3n) is 4.27. The maximum absolute atomic E-state index is 12.9. The van der Waals surface area contributed by atoms with E-state index < -0.39 is 8.07 Å². The van der Waals surface area contributed by atoms with Crippen LogP contribution in [-0.4, -0.2) is 44.4 Å². The average Bonchev–Trinajstić information content (AvgIpc) is 2.90. The van der Waals surface area contributed by atoms with Crippen LogP contribution in [0.5, 0.6) is 0 Å². The second-order valence-electron chi connectivity index (χ2n) is 8.50. The van der Waals surface area contributed by atoms with Gasteiger partial charge in [-0.15, -0.1) is 5.10 Å². The molecule has 2 aromatic rings. The van der Waals surface area contributed by atoms with Crippen molar-refractivity contribution in [2.45, 2.75) is 58.3 Å². The van der Waals surface area contributed by atoms with Crippen LogP contribution in [0.4, 0.5) is 0 Å². The zero-order valence-corrected chi connectivity index (χ0v) is 22.1. The van der Waals surface area contributed by atoms with Gasteiger partial charge in [0.2, 0.25) is 0 Å². The summed E-state index contributed by atoms with van der Waals surface area (Å²) in [7, 11) is -1.56. The summed E-state index contributed by atoms with van der Waals surface area (Å²) in [5, 5.41) is 5.01. The van der Waals surface area contributed by atoms with E-state index in [4.69, 9.17) is 21.1 Å². The van der Waals surface area contributed by atoms with E-state index in [1.165, 1.54) is 9.25 Å². The maximum Gasteiger partial charge on any atom is 0.350 e. The maximum atomic E-state index is 12.9. The van der Waals surface area contributed by atoms with E-state index in [1.807, 2.05) is 12.1 Å². The van der Waals surface area contributed by atoms with Crippen LogP contribution >= 0.6 is 27.5 Å². The molecule has 6 nitrogen and oxygen atoms in total. The summed E-state index contributed by atoms with van der Waals surface area (Å²) >= 11 is 9.84. The monoisotopic (exact) mass is 518 g/mol. The Labute approximate surface area is 188 Å². The molecular formula is C19H30BrClN3O3Si2. The lowest BCUT2D eigenvalue weighted by atomic mass is 10.2. The highest BCUT2D eigenvalue weighted by Crippen LogP contribution is 2.29. The number of hydrogen-bond acceptors (Lipinski definition) is 4. The lowest BCUT2D eigenvalue weighted by Gasteiger charge is -2.15. The smallest absolute Gasteiger partial charge is 0.350 e. The highest BCUT2D eigenvalue weighted by atomic mass is 79.9. The molecule has 0 aliphatic heterocycles. The van der Waals surface area contributed by atoms with Crippen LogP contribution in [0.15, 0.2) is 27.5 Å². The second kappa shape index (κ2) is 11.1. The van der Waals surface area contributed by atoms with Gasteiger partial charge in [-0.05, 0) is 30.3 Å². The summed E-state index contributed by atoms with van der Waals surface area (Å²) in [6, 6.07) is 7.58. The van der Waals surface area contributed by atoms with Crippen molar-refractivity contribution in [3.05, 3.63) is 38.2 Å². The van der Waals surface area contributed by atoms with E-state index >= 15 is 0 Å². The molecule has 1 heterocycles. The first-order chi connectivity index (χ1) is 13.6. The van der Waals surface area contributed by atoms with Gasteiger partial charge >= 0.3 is 5.69 Å². The van der Waals surface area contributed by atoms with E-state index in [0.29, 0.717) is 29.6 Å². The Morgan fingerprint density at radius 2 is 1.86 bits per heavy atom. The van der Waals surface area contributed by atoms with Crippen LogP contribution in [0.25, 0.3) is 11.4 Å². The van der Waals surface area contributed by atoms with E-state index in [-0.39, 0.29) is 27.9 Å². The molecule has 0 amide bonds. The fraction of sp³-hybridized carbons (Fsp3) is 0.579. The molecular weight excluding hydrogens is 490 g/mol. The number of hydrogen-bond donors (Lipinski definition) is 0. The molecule has 2 rings (SSSR count). The van der Waals surface area contributed by atoms with E-state index in [9.17, 15) is 4.79 Å². The molecule has 0 N–H and O–H groups in total. The van der Waals surface area contributed by atoms with Crippen LogP contribution in [0, 0.1) is 0 Å². The van der Waals surface area contributed by atoms with Crippen molar-refractivity contribution in [2.24, 2.45) is 0 Å². The topological polar surface area (TPSA) is 58.3 Å². The number of ether oxygens (including phenoxy) is 2. The molecule has 0 spiro atoms. The predicted molar refractivity (Wildman–Crippen MR) is 127 cm³/mol. The van der Waals surface area contributed by atoms with E-state index in [0.717, 1.165) is 16.6 Å². The van der Waals surface area contributed by atoms with Gasteiger partial charge < -0.3 is 9.47 Å². The zero-order chi connectivity index (χ0) is 21.6. The molecule has 1 aromatic carbocycles. The quantitative estimate of drug-likeness (QED) is 0.304. The standard InChI is InChI=1S/C19H30BrClN3O3Si2/c1-28(2)10-8-26-14-24-19(25)23(13-27-9-11-29(3,4)5)18(22-24)16-7-6-15(20)12-17(16)21/h6-7,12H,8-11,13-14H2,1-5H3. The zero-order valence-electron chi connectivity index (χ0n) is 17.8. The molecule has 161 valence electrons. The minimum atomic E-state index is -1.20. The summed E-state index contributed by atoms with van der Waals surface area (Å²) in [6.45, 7) is 12.9. The SMILES string of the molecule is C[Si](C)CCOCn1nc(-c2ccc(Br)cc2Cl)n(COCC[Si](C)(C)C)c1=O. The molecule has 10 heteroatoms. The summed E-state index contributed by atoms with van der Waals surface area (Å²) < 4.78 is 15.2. The second-order valence-corrected chi connectivity index (χ2v) is 18.4. The summed E-state index contributed by atoms with van der Waals surface area (Å²) in [5.41, 5.74) is 0.428. The number of rotatable bonds is 11. The van der Waals surface area contributed by atoms with Gasteiger partial charge in [-0.2, -0.15) is 4.68 Å². The third-order valence-corrected chi connectivity index (χ3v) is 7.99. The fourth-order valence-electron chi connectivity index (χ4n) is 2.47. The molecule has 0 saturated carbocycles. The summed E-state index contributed by atoms with van der Waals surface area (Å²) in [5.74, 6) is 0.486. The van der Waals surface area contributed by atoms with Gasteiger partial charge in [-0.1, -0.05) is 60.3 Å². The Bertz CT molecular complexity index is 865. The first-order valence-corrected chi connectivity index (χ1v) is 17.2. The van der Waals surface area contributed by atoms with Gasteiger partial charge in [-0.25, -0.2) is 4.79 Å².